The first-order valence-corrected chi connectivity index (χ1v) is 7.23. The minimum Gasteiger partial charge on any atom is -0.477 e. The van der Waals surface area contributed by atoms with Crippen LogP contribution in [0.5, 0.6) is 0 Å². The van der Waals surface area contributed by atoms with Crippen LogP contribution in [0.1, 0.15) is 6.42 Å². The van der Waals surface area contributed by atoms with Gasteiger partial charge in [-0.25, -0.2) is 4.79 Å². The molecule has 1 aromatic heterocycles. The topological polar surface area (TPSA) is 88.8 Å². The second-order valence-electron chi connectivity index (χ2n) is 4.64. The lowest BCUT2D eigenvalue weighted by atomic mass is 10.1. The standard InChI is InChI=1S/C13H12N2O5S/c16-8-1-3-14(4-2-8)20-7-9-5-10(13(18)19)15-11(17)6-12(15)21-9/h1-5,9,12H,6-7H2,(H,18,19)/t9?,12-/m1/s1. The number of carboxylic acids is 1. The predicted molar refractivity (Wildman–Crippen MR) is 74.5 cm³/mol. The zero-order valence-electron chi connectivity index (χ0n) is 10.8. The average molecular weight is 308 g/mol. The molecule has 0 saturated carbocycles. The van der Waals surface area contributed by atoms with Crippen LogP contribution in [0.4, 0.5) is 0 Å². The van der Waals surface area contributed by atoms with E-state index in [1.165, 1.54) is 52.0 Å². The van der Waals surface area contributed by atoms with Crippen LogP contribution >= 0.6 is 11.8 Å². The van der Waals surface area contributed by atoms with E-state index in [0.29, 0.717) is 6.42 Å². The molecule has 0 spiro atoms. The van der Waals surface area contributed by atoms with Gasteiger partial charge in [0.25, 0.3) is 0 Å². The second-order valence-corrected chi connectivity index (χ2v) is 6.07. The van der Waals surface area contributed by atoms with Crippen LogP contribution in [0.25, 0.3) is 0 Å². The number of carbonyl (C=O) groups is 2. The van der Waals surface area contributed by atoms with E-state index in [9.17, 15) is 14.4 Å². The second kappa shape index (κ2) is 5.28. The molecule has 1 aromatic rings. The van der Waals surface area contributed by atoms with Gasteiger partial charge in [0.05, 0.1) is 17.0 Å². The zero-order valence-corrected chi connectivity index (χ0v) is 11.7. The summed E-state index contributed by atoms with van der Waals surface area (Å²) in [6, 6.07) is 2.75. The molecule has 1 amide bonds. The van der Waals surface area contributed by atoms with Gasteiger partial charge in [0.2, 0.25) is 5.91 Å². The number of aromatic nitrogens is 1. The summed E-state index contributed by atoms with van der Waals surface area (Å²) in [6.07, 6.45) is 4.88. The molecule has 0 bridgehead atoms. The number of nitrogens with zero attached hydrogens (tertiary/aromatic N) is 2. The van der Waals surface area contributed by atoms with E-state index in [0.717, 1.165) is 0 Å². The Kier molecular flexibility index (Phi) is 3.46. The summed E-state index contributed by atoms with van der Waals surface area (Å²) in [5.74, 6) is -1.28. The summed E-state index contributed by atoms with van der Waals surface area (Å²) in [4.78, 5) is 40.4. The van der Waals surface area contributed by atoms with E-state index in [2.05, 4.69) is 0 Å². The number of pyridine rings is 1. The molecule has 8 heteroatoms. The number of aliphatic carboxylic acids is 1. The van der Waals surface area contributed by atoms with Crippen LogP contribution in [0.2, 0.25) is 0 Å². The number of β-lactam (4-membered cyclic amide) rings is 1. The first-order valence-electron chi connectivity index (χ1n) is 6.29. The first kappa shape index (κ1) is 13.7. The van der Waals surface area contributed by atoms with Crippen molar-refractivity contribution in [2.45, 2.75) is 17.0 Å². The van der Waals surface area contributed by atoms with E-state index >= 15 is 0 Å². The molecule has 3 rings (SSSR count). The maximum absolute atomic E-state index is 11.4. The van der Waals surface area contributed by atoms with Gasteiger partial charge in [0.15, 0.2) is 5.43 Å². The van der Waals surface area contributed by atoms with Crippen LogP contribution in [0.3, 0.4) is 0 Å². The van der Waals surface area contributed by atoms with Crippen LogP contribution in [0.15, 0.2) is 41.1 Å². The van der Waals surface area contributed by atoms with Gasteiger partial charge in [-0.05, 0) is 6.08 Å². The Morgan fingerprint density at radius 3 is 2.71 bits per heavy atom. The van der Waals surface area contributed by atoms with E-state index in [1.54, 1.807) is 0 Å². The van der Waals surface area contributed by atoms with Gasteiger partial charge in [-0.1, -0.05) is 0 Å². The summed E-state index contributed by atoms with van der Waals surface area (Å²) in [7, 11) is 0. The van der Waals surface area contributed by atoms with Crippen LogP contribution in [-0.4, -0.2) is 43.8 Å². The zero-order chi connectivity index (χ0) is 15.0. The van der Waals surface area contributed by atoms with Crippen molar-refractivity contribution >= 4 is 23.6 Å². The van der Waals surface area contributed by atoms with Crippen LogP contribution in [0, 0.1) is 0 Å². The molecule has 3 heterocycles. The molecule has 1 unspecified atom stereocenters. The number of fused-ring (bicyclic) bond motifs is 1. The highest BCUT2D eigenvalue weighted by Crippen LogP contribution is 2.40. The fraction of sp³-hybridized carbons (Fsp3) is 0.308. The third-order valence-electron chi connectivity index (χ3n) is 3.22. The quantitative estimate of drug-likeness (QED) is 0.783. The van der Waals surface area contributed by atoms with Gasteiger partial charge in [0, 0.05) is 24.5 Å². The molecule has 2 atom stereocenters. The first-order chi connectivity index (χ1) is 10.0. The van der Waals surface area contributed by atoms with E-state index < -0.39 is 5.97 Å². The molecular formula is C13H12N2O5S. The molecule has 1 N–H and O–H groups in total. The summed E-state index contributed by atoms with van der Waals surface area (Å²) >= 11 is 1.49. The number of amides is 1. The van der Waals surface area contributed by atoms with Gasteiger partial charge in [0.1, 0.15) is 12.3 Å². The van der Waals surface area contributed by atoms with E-state index in [1.807, 2.05) is 0 Å². The number of hydrogen-bond donors (Lipinski definition) is 1. The fourth-order valence-electron chi connectivity index (χ4n) is 2.19. The number of rotatable bonds is 4. The maximum Gasteiger partial charge on any atom is 0.352 e. The highest BCUT2D eigenvalue weighted by atomic mass is 32.2. The van der Waals surface area contributed by atoms with Gasteiger partial charge in [-0.2, -0.15) is 4.73 Å². The number of thioether (sulfide) groups is 1. The molecule has 0 aromatic carbocycles. The minimum absolute atomic E-state index is 0.0171. The van der Waals surface area contributed by atoms with Crippen molar-refractivity contribution in [3.63, 3.8) is 0 Å². The molecule has 7 nitrogen and oxygen atoms in total. The SMILES string of the molecule is O=C(O)C1=CC(COn2ccc(=O)cc2)S[C@@H]2CC(=O)N12. The lowest BCUT2D eigenvalue weighted by molar-refractivity contribution is -0.146. The van der Waals surface area contributed by atoms with Crippen molar-refractivity contribution in [2.75, 3.05) is 6.61 Å². The molecule has 0 aliphatic carbocycles. The molecule has 110 valence electrons. The van der Waals surface area contributed by atoms with E-state index in [-0.39, 0.29) is 34.3 Å². The summed E-state index contributed by atoms with van der Waals surface area (Å²) in [5.41, 5.74) is -0.0953. The van der Waals surface area contributed by atoms with Gasteiger partial charge in [-0.3, -0.25) is 14.5 Å². The van der Waals surface area contributed by atoms with Crippen molar-refractivity contribution < 1.29 is 19.5 Å². The summed E-state index contributed by atoms with van der Waals surface area (Å²) in [6.45, 7) is 0.253. The van der Waals surface area contributed by atoms with Crippen LogP contribution in [-0.2, 0) is 9.59 Å². The lowest BCUT2D eigenvalue weighted by Gasteiger charge is -2.44. The van der Waals surface area contributed by atoms with Gasteiger partial charge in [-0.15, -0.1) is 11.8 Å². The molecule has 2 aliphatic heterocycles. The number of carboxylic acid groups (broad SMARTS) is 1. The number of hydrogen-bond acceptors (Lipinski definition) is 5. The minimum atomic E-state index is -1.11. The monoisotopic (exact) mass is 308 g/mol. The van der Waals surface area contributed by atoms with Crippen molar-refractivity contribution in [3.05, 3.63) is 46.5 Å². The Bertz CT molecular complexity index is 663. The number of carbonyl (C=O) groups excluding carboxylic acids is 1. The lowest BCUT2D eigenvalue weighted by Crippen LogP contribution is -2.54. The average Bonchev–Trinajstić information content (AvgIpc) is 2.44. The summed E-state index contributed by atoms with van der Waals surface area (Å²) < 4.78 is 1.40. The Labute approximate surface area is 123 Å². The van der Waals surface area contributed by atoms with Crippen molar-refractivity contribution in [2.24, 2.45) is 0 Å². The van der Waals surface area contributed by atoms with Crippen molar-refractivity contribution in [1.29, 1.82) is 0 Å². The highest BCUT2D eigenvalue weighted by Gasteiger charge is 2.45. The molecule has 0 radical (unpaired) electrons. The molecule has 21 heavy (non-hydrogen) atoms. The Morgan fingerprint density at radius 1 is 1.38 bits per heavy atom. The molecule has 1 fully saturated rings. The van der Waals surface area contributed by atoms with E-state index in [4.69, 9.17) is 9.94 Å². The Morgan fingerprint density at radius 2 is 2.10 bits per heavy atom. The molecular weight excluding hydrogens is 296 g/mol. The van der Waals surface area contributed by atoms with Crippen LogP contribution < -0.4 is 10.3 Å². The molecule has 1 saturated heterocycles. The van der Waals surface area contributed by atoms with Gasteiger partial charge < -0.3 is 9.94 Å². The third kappa shape index (κ3) is 2.66. The Hall–Kier alpha value is -2.22. The fourth-order valence-corrected chi connectivity index (χ4v) is 3.53. The molecule has 2 aliphatic rings. The smallest absolute Gasteiger partial charge is 0.352 e. The Balaban J connectivity index is 1.69. The van der Waals surface area contributed by atoms with Gasteiger partial charge >= 0.3 is 5.97 Å². The van der Waals surface area contributed by atoms with Crippen molar-refractivity contribution in [1.82, 2.24) is 9.63 Å². The summed E-state index contributed by atoms with van der Waals surface area (Å²) in [5, 5.41) is 8.87. The third-order valence-corrected chi connectivity index (χ3v) is 4.53. The normalized spacial score (nSPS) is 23.9. The predicted octanol–water partition coefficient (Wildman–Crippen LogP) is -0.0808. The highest BCUT2D eigenvalue weighted by molar-refractivity contribution is 8.00. The maximum atomic E-state index is 11.4. The van der Waals surface area contributed by atoms with Crippen molar-refractivity contribution in [3.8, 4) is 0 Å². The largest absolute Gasteiger partial charge is 0.477 e.